The zero-order chi connectivity index (χ0) is 9.30. The average Bonchev–Trinajstić information content (AvgIpc) is 2.00. The van der Waals surface area contributed by atoms with Gasteiger partial charge >= 0.3 is 0 Å². The molecule has 4 nitrogen and oxygen atoms in total. The van der Waals surface area contributed by atoms with Crippen molar-refractivity contribution in [2.75, 3.05) is 5.73 Å². The van der Waals surface area contributed by atoms with Crippen LogP contribution in [0, 0.1) is 15.9 Å². The van der Waals surface area contributed by atoms with Crippen molar-refractivity contribution in [3.63, 3.8) is 0 Å². The zero-order valence-electron chi connectivity index (χ0n) is 5.75. The summed E-state index contributed by atoms with van der Waals surface area (Å²) in [5.74, 6) is -0.613. The lowest BCUT2D eigenvalue weighted by atomic mass is 10.3. The number of rotatable bonds is 1. The fraction of sp³-hybridized carbons (Fsp3) is 0. The summed E-state index contributed by atoms with van der Waals surface area (Å²) in [5.41, 5.74) is 4.76. The van der Waals surface area contributed by atoms with Crippen LogP contribution >= 0.6 is 15.9 Å². The Morgan fingerprint density at radius 1 is 1.58 bits per heavy atom. The second-order valence-electron chi connectivity index (χ2n) is 2.05. The first-order chi connectivity index (χ1) is 5.54. The second kappa shape index (κ2) is 3.06. The van der Waals surface area contributed by atoms with E-state index in [0.717, 1.165) is 12.1 Å². The van der Waals surface area contributed by atoms with E-state index in [9.17, 15) is 14.5 Å². The molecule has 0 amide bonds. The van der Waals surface area contributed by atoms with Gasteiger partial charge in [0.1, 0.15) is 11.5 Å². The van der Waals surface area contributed by atoms with E-state index in [2.05, 4.69) is 15.9 Å². The molecule has 2 N–H and O–H groups in total. The Labute approximate surface area is 75.5 Å². The number of nitrogen functional groups attached to an aromatic ring is 1. The molecular weight excluding hydrogens is 231 g/mol. The lowest BCUT2D eigenvalue weighted by Crippen LogP contribution is -1.97. The summed E-state index contributed by atoms with van der Waals surface area (Å²) in [4.78, 5) is 9.60. The predicted octanol–water partition coefficient (Wildman–Crippen LogP) is 2.08. The molecule has 0 heterocycles. The van der Waals surface area contributed by atoms with E-state index >= 15 is 0 Å². The fourth-order valence-corrected chi connectivity index (χ4v) is 1.05. The number of nitrogens with zero attached hydrogens (tertiary/aromatic N) is 1. The van der Waals surface area contributed by atoms with Gasteiger partial charge < -0.3 is 5.73 Å². The SMILES string of the molecule is Nc1c([N+](=O)[O-])ccc(F)c1Br. The first kappa shape index (κ1) is 8.92. The van der Waals surface area contributed by atoms with Gasteiger partial charge in [0.2, 0.25) is 0 Å². The van der Waals surface area contributed by atoms with Gasteiger partial charge in [-0.2, -0.15) is 0 Å². The van der Waals surface area contributed by atoms with E-state index < -0.39 is 10.7 Å². The van der Waals surface area contributed by atoms with Crippen LogP contribution in [0.5, 0.6) is 0 Å². The maximum atomic E-state index is 12.7. The number of anilines is 1. The predicted molar refractivity (Wildman–Crippen MR) is 45.2 cm³/mol. The smallest absolute Gasteiger partial charge is 0.293 e. The van der Waals surface area contributed by atoms with Crippen LogP contribution < -0.4 is 5.73 Å². The summed E-state index contributed by atoms with van der Waals surface area (Å²) in [6.07, 6.45) is 0. The molecule has 0 saturated heterocycles. The molecule has 12 heavy (non-hydrogen) atoms. The molecule has 0 saturated carbocycles. The monoisotopic (exact) mass is 234 g/mol. The third kappa shape index (κ3) is 1.38. The van der Waals surface area contributed by atoms with E-state index in [1.54, 1.807) is 0 Å². The highest BCUT2D eigenvalue weighted by atomic mass is 79.9. The van der Waals surface area contributed by atoms with Crippen LogP contribution in [0.4, 0.5) is 15.8 Å². The van der Waals surface area contributed by atoms with E-state index in [-0.39, 0.29) is 15.8 Å². The third-order valence-corrected chi connectivity index (χ3v) is 2.11. The molecule has 0 aliphatic heterocycles. The highest BCUT2D eigenvalue weighted by Crippen LogP contribution is 2.31. The third-order valence-electron chi connectivity index (χ3n) is 1.31. The Bertz CT molecular complexity index is 343. The largest absolute Gasteiger partial charge is 0.392 e. The van der Waals surface area contributed by atoms with Gasteiger partial charge in [0.25, 0.3) is 5.69 Å². The molecule has 1 aromatic rings. The molecule has 6 heteroatoms. The number of hydrogen-bond donors (Lipinski definition) is 1. The Balaban J connectivity index is 3.36. The number of nitrogens with two attached hydrogens (primary N) is 1. The Morgan fingerprint density at radius 3 is 2.67 bits per heavy atom. The van der Waals surface area contributed by atoms with Crippen molar-refractivity contribution >= 4 is 27.3 Å². The van der Waals surface area contributed by atoms with E-state index in [1.165, 1.54) is 0 Å². The molecular formula is C6H4BrFN2O2. The minimum atomic E-state index is -0.667. The summed E-state index contributed by atoms with van der Waals surface area (Å²) in [6, 6.07) is 2.01. The van der Waals surface area contributed by atoms with Gasteiger partial charge in [-0.25, -0.2) is 4.39 Å². The highest BCUT2D eigenvalue weighted by molar-refractivity contribution is 9.10. The van der Waals surface area contributed by atoms with Gasteiger partial charge in [0.05, 0.1) is 9.40 Å². The maximum Gasteiger partial charge on any atom is 0.293 e. The minimum absolute atomic E-state index is 0.0725. The molecule has 0 atom stereocenters. The second-order valence-corrected chi connectivity index (χ2v) is 2.84. The first-order valence-electron chi connectivity index (χ1n) is 2.92. The summed E-state index contributed by atoms with van der Waals surface area (Å²) >= 11 is 2.79. The number of nitro groups is 1. The van der Waals surface area contributed by atoms with Crippen LogP contribution in [0.2, 0.25) is 0 Å². The topological polar surface area (TPSA) is 69.2 Å². The molecule has 0 aromatic heterocycles. The van der Waals surface area contributed by atoms with Gasteiger partial charge in [-0.05, 0) is 22.0 Å². The van der Waals surface area contributed by atoms with Crippen LogP contribution in [0.1, 0.15) is 0 Å². The standard InChI is InChI=1S/C6H4BrFN2O2/c7-5-3(8)1-2-4(6(5)9)10(11)12/h1-2H,9H2. The zero-order valence-corrected chi connectivity index (χ0v) is 7.34. The number of benzene rings is 1. The molecule has 64 valence electrons. The van der Waals surface area contributed by atoms with Crippen LogP contribution in [-0.2, 0) is 0 Å². The number of nitro benzene ring substituents is 1. The first-order valence-corrected chi connectivity index (χ1v) is 3.71. The van der Waals surface area contributed by atoms with Gasteiger partial charge in [-0.3, -0.25) is 10.1 Å². The Kier molecular flexibility index (Phi) is 2.27. The molecule has 1 aromatic carbocycles. The van der Waals surface area contributed by atoms with Crippen molar-refractivity contribution in [2.24, 2.45) is 0 Å². The van der Waals surface area contributed by atoms with Gasteiger partial charge in [-0.1, -0.05) is 0 Å². The van der Waals surface area contributed by atoms with Crippen LogP contribution in [0.15, 0.2) is 16.6 Å². The van der Waals surface area contributed by atoms with E-state index in [4.69, 9.17) is 5.73 Å². The molecule has 0 unspecified atom stereocenters. The molecule has 0 bridgehead atoms. The van der Waals surface area contributed by atoms with Crippen molar-refractivity contribution in [3.05, 3.63) is 32.5 Å². The van der Waals surface area contributed by atoms with Crippen molar-refractivity contribution in [1.82, 2.24) is 0 Å². The summed E-state index contributed by atoms with van der Waals surface area (Å²) in [6.45, 7) is 0. The van der Waals surface area contributed by atoms with Crippen LogP contribution in [-0.4, -0.2) is 4.92 Å². The van der Waals surface area contributed by atoms with Crippen LogP contribution in [0.25, 0.3) is 0 Å². The average molecular weight is 235 g/mol. The lowest BCUT2D eigenvalue weighted by Gasteiger charge is -1.99. The molecule has 0 fully saturated rings. The van der Waals surface area contributed by atoms with Gasteiger partial charge in [-0.15, -0.1) is 0 Å². The molecule has 0 aliphatic rings. The molecule has 0 aliphatic carbocycles. The molecule has 1 rings (SSSR count). The van der Waals surface area contributed by atoms with Gasteiger partial charge in [0.15, 0.2) is 0 Å². The lowest BCUT2D eigenvalue weighted by molar-refractivity contribution is -0.384. The van der Waals surface area contributed by atoms with Crippen molar-refractivity contribution in [1.29, 1.82) is 0 Å². The Morgan fingerprint density at radius 2 is 2.17 bits per heavy atom. The fourth-order valence-electron chi connectivity index (χ4n) is 0.715. The Hall–Kier alpha value is -1.17. The molecule has 0 radical (unpaired) electrons. The summed E-state index contributed by atoms with van der Waals surface area (Å²) in [7, 11) is 0. The minimum Gasteiger partial charge on any atom is -0.392 e. The number of hydrogen-bond acceptors (Lipinski definition) is 3. The summed E-state index contributed by atoms with van der Waals surface area (Å²) in [5, 5.41) is 10.3. The van der Waals surface area contributed by atoms with Gasteiger partial charge in [0, 0.05) is 6.07 Å². The van der Waals surface area contributed by atoms with E-state index in [0.29, 0.717) is 0 Å². The normalized spacial score (nSPS) is 9.83. The highest BCUT2D eigenvalue weighted by Gasteiger charge is 2.16. The summed E-state index contributed by atoms with van der Waals surface area (Å²) < 4.78 is 12.6. The van der Waals surface area contributed by atoms with Crippen molar-refractivity contribution in [3.8, 4) is 0 Å². The van der Waals surface area contributed by atoms with Crippen LogP contribution in [0.3, 0.4) is 0 Å². The maximum absolute atomic E-state index is 12.7. The quantitative estimate of drug-likeness (QED) is 0.460. The van der Waals surface area contributed by atoms with Crippen molar-refractivity contribution in [2.45, 2.75) is 0 Å². The molecule has 0 spiro atoms. The van der Waals surface area contributed by atoms with Crippen molar-refractivity contribution < 1.29 is 9.31 Å². The van der Waals surface area contributed by atoms with E-state index in [1.807, 2.05) is 0 Å². The number of halogens is 2.